The molecule has 22 heavy (non-hydrogen) atoms. The fourth-order valence-electron chi connectivity index (χ4n) is 0.0702. The van der Waals surface area contributed by atoms with Crippen LogP contribution in [0.4, 0.5) is 0 Å². The van der Waals surface area contributed by atoms with E-state index in [0.717, 1.165) is 0 Å². The maximum absolute atomic E-state index is 9.51. The predicted octanol–water partition coefficient (Wildman–Crippen LogP) is -8.95. The molecule has 128 valence electrons. The average molecular weight is 435 g/mol. The van der Waals surface area contributed by atoms with E-state index in [0.29, 0.717) is 0 Å². The van der Waals surface area contributed by atoms with E-state index >= 15 is 0 Å². The quantitative estimate of drug-likeness (QED) is 0.0686. The summed E-state index contributed by atoms with van der Waals surface area (Å²) in [5, 5.41) is 0. The van der Waals surface area contributed by atoms with E-state index in [1.165, 1.54) is 0 Å². The summed E-state index contributed by atoms with van der Waals surface area (Å²) in [5.74, 6) is 0. The van der Waals surface area contributed by atoms with E-state index in [4.69, 9.17) is 39.9 Å². The molecule has 0 aliphatic rings. The Morgan fingerprint density at radius 3 is 0.909 bits per heavy atom. The van der Waals surface area contributed by atoms with Gasteiger partial charge >= 0.3 is 79.9 Å². The molecule has 0 fully saturated rings. The van der Waals surface area contributed by atoms with Crippen molar-refractivity contribution in [2.24, 2.45) is 0 Å². The van der Waals surface area contributed by atoms with Crippen molar-refractivity contribution < 1.29 is 125 Å². The first kappa shape index (κ1) is 38.9. The number of hydrogen-bond donors (Lipinski definition) is 5. The van der Waals surface area contributed by atoms with Gasteiger partial charge in [-0.3, -0.25) is 26.6 Å². The van der Waals surface area contributed by atoms with Gasteiger partial charge in [0.05, 0.1) is 0 Å². The van der Waals surface area contributed by atoms with Crippen LogP contribution in [0.15, 0.2) is 0 Å². The van der Waals surface area contributed by atoms with Gasteiger partial charge in [-0.25, -0.2) is 0 Å². The van der Waals surface area contributed by atoms with Crippen LogP contribution in [0, 0.1) is 0 Å². The van der Waals surface area contributed by atoms with Crippen molar-refractivity contribution in [1.29, 1.82) is 0 Å². The Kier molecular flexibility index (Phi) is 30.9. The monoisotopic (exact) mass is 435 g/mol. The van der Waals surface area contributed by atoms with Crippen LogP contribution in [-0.4, -0.2) is 56.8 Å². The molecule has 0 aromatic heterocycles. The summed E-state index contributed by atoms with van der Waals surface area (Å²) >= 11 is -2.61. The zero-order valence-electron chi connectivity index (χ0n) is 10.6. The van der Waals surface area contributed by atoms with Gasteiger partial charge in [0.15, 0.2) is 0 Å². The summed E-state index contributed by atoms with van der Waals surface area (Å²) in [6, 6.07) is 0. The van der Waals surface area contributed by atoms with Crippen molar-refractivity contribution in [2.45, 2.75) is 0 Å². The van der Waals surface area contributed by atoms with Crippen molar-refractivity contribution in [3.8, 4) is 0 Å². The van der Waals surface area contributed by atoms with Crippen molar-refractivity contribution in [3.63, 3.8) is 0 Å². The summed E-state index contributed by atoms with van der Waals surface area (Å²) in [4.78, 5) is 0. The van der Waals surface area contributed by atoms with E-state index in [-0.39, 0.29) is 65.3 Å². The Balaban J connectivity index is -0.0000000461. The summed E-state index contributed by atoms with van der Waals surface area (Å²) < 4.78 is 116. The largest absolute Gasteiger partial charge is 1.00 e. The normalized spacial score (nSPS) is 10.3. The SMILES string of the molecule is N.O=S(=O)(O)OOS(=O)(=O)O.O=S(=O)([O-])[O-].O=S(O)O.[Na+].[Na+]. The molecule has 0 aliphatic carbocycles. The van der Waals surface area contributed by atoms with Crippen LogP contribution < -0.4 is 65.3 Å². The maximum Gasteiger partial charge on any atom is 1.00 e. The molecule has 0 spiro atoms. The smallest absolute Gasteiger partial charge is 0.759 e. The van der Waals surface area contributed by atoms with Crippen LogP contribution in [-0.2, 0) is 51.2 Å². The first-order chi connectivity index (χ1) is 7.94. The van der Waals surface area contributed by atoms with Crippen LogP contribution in [0.3, 0.4) is 0 Å². The number of rotatable bonds is 3. The van der Waals surface area contributed by atoms with Gasteiger partial charge < -0.3 is 15.3 Å². The van der Waals surface area contributed by atoms with Crippen LogP contribution >= 0.6 is 0 Å². The first-order valence-corrected chi connectivity index (χ1v) is 7.86. The van der Waals surface area contributed by atoms with Crippen LogP contribution in [0.1, 0.15) is 0 Å². The summed E-state index contributed by atoms with van der Waals surface area (Å²) in [7, 11) is -15.2. The minimum atomic E-state index is -5.17. The van der Waals surface area contributed by atoms with Crippen molar-refractivity contribution in [1.82, 2.24) is 6.15 Å². The zero-order valence-corrected chi connectivity index (χ0v) is 17.9. The van der Waals surface area contributed by atoms with Gasteiger partial charge in [-0.1, -0.05) is 8.67 Å². The molecule has 0 heterocycles. The molecule has 0 unspecified atom stereocenters. The molecule has 0 atom stereocenters. The fourth-order valence-corrected chi connectivity index (χ4v) is 0.632. The molecule has 0 radical (unpaired) electrons. The molecular formula is H7NNa2O15S4. The Morgan fingerprint density at radius 2 is 0.864 bits per heavy atom. The number of hydrogen-bond acceptors (Lipinski definition) is 12. The molecule has 7 N–H and O–H groups in total. The standard InChI is InChI=1S/H3N.2Na.H2O8S2.H2O4S.H2O3S/c;;;1-9(2,3)7-8-10(4,5)6;1-5(2,3)4;1-4(2)3/h1H3;;;(H,1,2,3)(H,4,5,6);(H2,1,2,3,4);(H2,1,2,3)/q;2*+1;;;/p-2. The Bertz CT molecular complexity index is 511. The average Bonchev–Trinajstić information content (AvgIpc) is 1.93. The molecule has 16 nitrogen and oxygen atoms in total. The molecule has 0 saturated heterocycles. The van der Waals surface area contributed by atoms with Crippen molar-refractivity contribution in [3.05, 3.63) is 0 Å². The van der Waals surface area contributed by atoms with E-state index in [1.807, 2.05) is 0 Å². The van der Waals surface area contributed by atoms with E-state index in [9.17, 15) is 16.8 Å². The topological polar surface area (TPSA) is 300 Å². The maximum atomic E-state index is 9.51. The molecule has 0 aromatic carbocycles. The Labute approximate surface area is 171 Å². The molecule has 0 aromatic rings. The molecular weight excluding hydrogens is 428 g/mol. The second-order valence-corrected chi connectivity index (χ2v) is 4.89. The van der Waals surface area contributed by atoms with E-state index in [1.54, 1.807) is 0 Å². The molecule has 0 rings (SSSR count). The minimum absolute atomic E-state index is 0. The zero-order chi connectivity index (χ0) is 16.5. The summed E-state index contributed by atoms with van der Waals surface area (Å²) in [6.45, 7) is 0. The van der Waals surface area contributed by atoms with Crippen molar-refractivity contribution in [2.75, 3.05) is 0 Å². The van der Waals surface area contributed by atoms with E-state index < -0.39 is 42.6 Å². The predicted molar refractivity (Wildman–Crippen MR) is 54.2 cm³/mol. The van der Waals surface area contributed by atoms with Crippen LogP contribution in [0.25, 0.3) is 0 Å². The van der Waals surface area contributed by atoms with Gasteiger partial charge in [-0.2, -0.15) is 21.0 Å². The fraction of sp³-hybridized carbons (Fsp3) is 0. The van der Waals surface area contributed by atoms with Gasteiger partial charge in [-0.05, 0) is 0 Å². The third kappa shape index (κ3) is 123. The first-order valence-electron chi connectivity index (χ1n) is 2.73. The third-order valence-corrected chi connectivity index (χ3v) is 0.766. The molecule has 0 bridgehead atoms. The minimum Gasteiger partial charge on any atom is -0.759 e. The molecule has 0 amide bonds. The second-order valence-electron chi connectivity index (χ2n) is 1.63. The van der Waals surface area contributed by atoms with Crippen LogP contribution in [0.5, 0.6) is 0 Å². The van der Waals surface area contributed by atoms with Gasteiger partial charge in [0, 0.05) is 10.4 Å². The molecule has 0 aliphatic heterocycles. The summed E-state index contributed by atoms with van der Waals surface area (Å²) in [5.41, 5.74) is 0. The molecule has 22 heteroatoms. The van der Waals surface area contributed by atoms with Gasteiger partial charge in [0.2, 0.25) is 0 Å². The summed E-state index contributed by atoms with van der Waals surface area (Å²) in [6.07, 6.45) is 0. The Hall–Kier alpha value is 1.64. The third-order valence-electron chi connectivity index (χ3n) is 0.200. The second kappa shape index (κ2) is 17.5. The van der Waals surface area contributed by atoms with E-state index in [2.05, 4.69) is 8.67 Å². The van der Waals surface area contributed by atoms with Gasteiger partial charge in [0.25, 0.3) is 11.4 Å². The van der Waals surface area contributed by atoms with Gasteiger partial charge in [0.1, 0.15) is 0 Å². The van der Waals surface area contributed by atoms with Crippen LogP contribution in [0.2, 0.25) is 0 Å². The molecule has 0 saturated carbocycles. The Morgan fingerprint density at radius 1 is 0.773 bits per heavy atom. The van der Waals surface area contributed by atoms with Gasteiger partial charge in [-0.15, -0.1) is 0 Å². The van der Waals surface area contributed by atoms with Crippen molar-refractivity contribution >= 4 is 42.6 Å².